The van der Waals surface area contributed by atoms with Crippen LogP contribution < -0.4 is 11.1 Å². The molecule has 1 atom stereocenters. The predicted octanol–water partition coefficient (Wildman–Crippen LogP) is 0.643. The van der Waals surface area contributed by atoms with Gasteiger partial charge >= 0.3 is 0 Å². The standard InChI is InChI=1S/C13H14N4O3/c1-7-3-5-9(6-4-7)12(19)15-10(11(14)18)13-17-16-8(2)20-13/h3-6,10H,1-2H3,(H2,14,18)(H,15,19). The molecule has 7 heteroatoms. The Hall–Kier alpha value is -2.70. The van der Waals surface area contributed by atoms with Crippen LogP contribution in [0.2, 0.25) is 0 Å². The molecule has 0 aliphatic heterocycles. The Labute approximate surface area is 115 Å². The van der Waals surface area contributed by atoms with Crippen LogP contribution in [0.15, 0.2) is 28.7 Å². The van der Waals surface area contributed by atoms with Crippen molar-refractivity contribution in [3.05, 3.63) is 47.2 Å². The van der Waals surface area contributed by atoms with Crippen molar-refractivity contribution in [3.8, 4) is 0 Å². The zero-order chi connectivity index (χ0) is 14.7. The summed E-state index contributed by atoms with van der Waals surface area (Å²) in [4.78, 5) is 23.5. The monoisotopic (exact) mass is 274 g/mol. The van der Waals surface area contributed by atoms with Crippen molar-refractivity contribution in [1.82, 2.24) is 15.5 Å². The second-order valence-electron chi connectivity index (χ2n) is 4.33. The molecule has 1 aromatic heterocycles. The highest BCUT2D eigenvalue weighted by Crippen LogP contribution is 2.12. The Morgan fingerprint density at radius 2 is 1.85 bits per heavy atom. The number of hydrogen-bond acceptors (Lipinski definition) is 5. The lowest BCUT2D eigenvalue weighted by molar-refractivity contribution is -0.120. The number of primary amides is 1. The van der Waals surface area contributed by atoms with Crippen LogP contribution in [0, 0.1) is 13.8 Å². The molecule has 3 N–H and O–H groups in total. The number of carbonyl (C=O) groups is 2. The molecule has 0 saturated heterocycles. The van der Waals surface area contributed by atoms with E-state index in [1.807, 2.05) is 6.92 Å². The zero-order valence-corrected chi connectivity index (χ0v) is 11.1. The van der Waals surface area contributed by atoms with Crippen LogP contribution >= 0.6 is 0 Å². The van der Waals surface area contributed by atoms with Crippen LogP contribution in [0.1, 0.15) is 33.7 Å². The number of nitrogens with zero attached hydrogens (tertiary/aromatic N) is 2. The maximum atomic E-state index is 12.0. The molecule has 2 amide bonds. The fraction of sp³-hybridized carbons (Fsp3) is 0.231. The van der Waals surface area contributed by atoms with Crippen molar-refractivity contribution in [2.45, 2.75) is 19.9 Å². The fourth-order valence-electron chi connectivity index (χ4n) is 1.60. The summed E-state index contributed by atoms with van der Waals surface area (Å²) >= 11 is 0. The first kappa shape index (κ1) is 13.7. The van der Waals surface area contributed by atoms with Gasteiger partial charge in [-0.1, -0.05) is 17.7 Å². The second kappa shape index (κ2) is 5.52. The number of hydrogen-bond donors (Lipinski definition) is 2. The second-order valence-corrected chi connectivity index (χ2v) is 4.33. The zero-order valence-electron chi connectivity index (χ0n) is 11.1. The smallest absolute Gasteiger partial charge is 0.252 e. The van der Waals surface area contributed by atoms with Gasteiger partial charge < -0.3 is 15.5 Å². The van der Waals surface area contributed by atoms with Gasteiger partial charge in [0, 0.05) is 12.5 Å². The molecule has 1 heterocycles. The van der Waals surface area contributed by atoms with Crippen LogP contribution in [-0.2, 0) is 4.79 Å². The molecule has 2 aromatic rings. The van der Waals surface area contributed by atoms with E-state index >= 15 is 0 Å². The molecular weight excluding hydrogens is 260 g/mol. The number of carbonyl (C=O) groups excluding carboxylic acids is 2. The van der Waals surface area contributed by atoms with Crippen molar-refractivity contribution in [2.24, 2.45) is 5.73 Å². The van der Waals surface area contributed by atoms with Gasteiger partial charge in [0.1, 0.15) is 0 Å². The minimum absolute atomic E-state index is 0.0320. The summed E-state index contributed by atoms with van der Waals surface area (Å²) in [7, 11) is 0. The number of aryl methyl sites for hydroxylation is 2. The fourth-order valence-corrected chi connectivity index (χ4v) is 1.60. The maximum Gasteiger partial charge on any atom is 0.252 e. The van der Waals surface area contributed by atoms with E-state index in [9.17, 15) is 9.59 Å². The van der Waals surface area contributed by atoms with Gasteiger partial charge in [-0.2, -0.15) is 0 Å². The number of nitrogens with two attached hydrogens (primary N) is 1. The van der Waals surface area contributed by atoms with Crippen molar-refractivity contribution in [3.63, 3.8) is 0 Å². The van der Waals surface area contributed by atoms with E-state index in [0.29, 0.717) is 5.56 Å². The molecular formula is C13H14N4O3. The van der Waals surface area contributed by atoms with Gasteiger partial charge in [0.2, 0.25) is 17.7 Å². The average molecular weight is 274 g/mol. The van der Waals surface area contributed by atoms with Crippen molar-refractivity contribution in [2.75, 3.05) is 0 Å². The molecule has 0 bridgehead atoms. The molecule has 104 valence electrons. The summed E-state index contributed by atoms with van der Waals surface area (Å²) in [6.45, 7) is 3.49. The molecule has 0 aliphatic carbocycles. The van der Waals surface area contributed by atoms with Gasteiger partial charge in [-0.25, -0.2) is 0 Å². The first-order valence-corrected chi connectivity index (χ1v) is 5.94. The number of benzene rings is 1. The van der Waals surface area contributed by atoms with Gasteiger partial charge in [0.15, 0.2) is 6.04 Å². The third-order valence-corrected chi connectivity index (χ3v) is 2.66. The van der Waals surface area contributed by atoms with E-state index in [1.165, 1.54) is 0 Å². The summed E-state index contributed by atoms with van der Waals surface area (Å²) in [5, 5.41) is 9.77. The topological polar surface area (TPSA) is 111 Å². The Kier molecular flexibility index (Phi) is 3.79. The molecule has 20 heavy (non-hydrogen) atoms. The lowest BCUT2D eigenvalue weighted by Crippen LogP contribution is -2.37. The molecule has 1 unspecified atom stereocenters. The molecule has 0 fully saturated rings. The van der Waals surface area contributed by atoms with E-state index in [1.54, 1.807) is 31.2 Å². The SMILES string of the molecule is Cc1ccc(C(=O)NC(C(N)=O)c2nnc(C)o2)cc1. The number of rotatable bonds is 4. The van der Waals surface area contributed by atoms with E-state index in [-0.39, 0.29) is 11.8 Å². The highest BCUT2D eigenvalue weighted by Gasteiger charge is 2.26. The summed E-state index contributed by atoms with van der Waals surface area (Å²) < 4.78 is 5.13. The summed E-state index contributed by atoms with van der Waals surface area (Å²) in [6, 6.07) is 5.75. The first-order valence-electron chi connectivity index (χ1n) is 5.94. The Morgan fingerprint density at radius 1 is 1.20 bits per heavy atom. The lowest BCUT2D eigenvalue weighted by Gasteiger charge is -2.11. The first-order chi connectivity index (χ1) is 9.47. The normalized spacial score (nSPS) is 11.9. The molecule has 0 radical (unpaired) electrons. The maximum absolute atomic E-state index is 12.0. The predicted molar refractivity (Wildman–Crippen MR) is 69.6 cm³/mol. The van der Waals surface area contributed by atoms with Crippen LogP contribution in [-0.4, -0.2) is 22.0 Å². The summed E-state index contributed by atoms with van der Waals surface area (Å²) in [5.41, 5.74) is 6.69. The molecule has 0 aliphatic rings. The van der Waals surface area contributed by atoms with Gasteiger partial charge in [0.05, 0.1) is 0 Å². The summed E-state index contributed by atoms with van der Waals surface area (Å²) in [6.07, 6.45) is 0. The van der Waals surface area contributed by atoms with Crippen LogP contribution in [0.4, 0.5) is 0 Å². The Balaban J connectivity index is 2.18. The average Bonchev–Trinajstić information content (AvgIpc) is 2.82. The van der Waals surface area contributed by atoms with Gasteiger partial charge in [0.25, 0.3) is 5.91 Å². The lowest BCUT2D eigenvalue weighted by atomic mass is 10.1. The quantitative estimate of drug-likeness (QED) is 0.850. The molecule has 2 rings (SSSR count). The van der Waals surface area contributed by atoms with E-state index in [4.69, 9.17) is 10.2 Å². The molecule has 7 nitrogen and oxygen atoms in total. The molecule has 0 spiro atoms. The van der Waals surface area contributed by atoms with Crippen molar-refractivity contribution in [1.29, 1.82) is 0 Å². The van der Waals surface area contributed by atoms with Gasteiger partial charge in [-0.15, -0.1) is 10.2 Å². The van der Waals surface area contributed by atoms with Gasteiger partial charge in [-0.05, 0) is 19.1 Å². The number of aromatic nitrogens is 2. The number of amides is 2. The molecule has 1 aromatic carbocycles. The third kappa shape index (κ3) is 3.00. The Morgan fingerprint density at radius 3 is 2.35 bits per heavy atom. The highest BCUT2D eigenvalue weighted by molar-refractivity contribution is 5.97. The van der Waals surface area contributed by atoms with E-state index in [0.717, 1.165) is 5.56 Å². The van der Waals surface area contributed by atoms with Crippen molar-refractivity contribution < 1.29 is 14.0 Å². The van der Waals surface area contributed by atoms with Gasteiger partial charge in [-0.3, -0.25) is 9.59 Å². The molecule has 0 saturated carbocycles. The minimum Gasteiger partial charge on any atom is -0.423 e. The summed E-state index contributed by atoms with van der Waals surface area (Å²) in [5.74, 6) is -0.954. The van der Waals surface area contributed by atoms with E-state index < -0.39 is 17.9 Å². The largest absolute Gasteiger partial charge is 0.423 e. The van der Waals surface area contributed by atoms with Crippen LogP contribution in [0.3, 0.4) is 0 Å². The van der Waals surface area contributed by atoms with Crippen LogP contribution in [0.5, 0.6) is 0 Å². The third-order valence-electron chi connectivity index (χ3n) is 2.66. The minimum atomic E-state index is -1.15. The van der Waals surface area contributed by atoms with Crippen molar-refractivity contribution >= 4 is 11.8 Å². The number of nitrogens with one attached hydrogen (secondary N) is 1. The highest BCUT2D eigenvalue weighted by atomic mass is 16.4. The van der Waals surface area contributed by atoms with Crippen LogP contribution in [0.25, 0.3) is 0 Å². The van der Waals surface area contributed by atoms with E-state index in [2.05, 4.69) is 15.5 Å². The Bertz CT molecular complexity index is 633.